The Morgan fingerprint density at radius 1 is 1.33 bits per heavy atom. The zero-order valence-electron chi connectivity index (χ0n) is 11.0. The first-order chi connectivity index (χ1) is 8.69. The molecule has 1 fully saturated rings. The first-order valence-corrected chi connectivity index (χ1v) is 6.66. The number of nitriles is 1. The van der Waals surface area contributed by atoms with Crippen molar-refractivity contribution in [1.82, 2.24) is 4.90 Å². The fourth-order valence-corrected chi connectivity index (χ4v) is 2.58. The summed E-state index contributed by atoms with van der Waals surface area (Å²) < 4.78 is 0. The minimum absolute atomic E-state index is 0.321. The maximum atomic E-state index is 8.76. The Balaban J connectivity index is 1.86. The molecule has 1 unspecified atom stereocenters. The van der Waals surface area contributed by atoms with E-state index in [1.165, 1.54) is 18.4 Å². The first-order valence-electron chi connectivity index (χ1n) is 6.66. The predicted octanol–water partition coefficient (Wildman–Crippen LogP) is 2.12. The highest BCUT2D eigenvalue weighted by Gasteiger charge is 2.21. The largest absolute Gasteiger partial charge is 0.328 e. The minimum atomic E-state index is 0.321. The lowest BCUT2D eigenvalue weighted by Crippen LogP contribution is -2.39. The molecule has 3 heteroatoms. The third-order valence-corrected chi connectivity index (χ3v) is 3.87. The standard InChI is InChI=1S/C15H21N3/c1-12(17)15-6-8-18(9-7-15)11-14-4-2-13(10-16)3-5-14/h2-5,12,15H,6-9,11,17H2,1H3. The second-order valence-corrected chi connectivity index (χ2v) is 5.28. The van der Waals surface area contributed by atoms with E-state index in [4.69, 9.17) is 11.0 Å². The lowest BCUT2D eigenvalue weighted by Gasteiger charge is -2.33. The molecule has 3 nitrogen and oxygen atoms in total. The lowest BCUT2D eigenvalue weighted by atomic mass is 9.91. The second kappa shape index (κ2) is 5.99. The van der Waals surface area contributed by atoms with E-state index >= 15 is 0 Å². The predicted molar refractivity (Wildman–Crippen MR) is 72.8 cm³/mol. The maximum Gasteiger partial charge on any atom is 0.0991 e. The third kappa shape index (κ3) is 3.32. The molecular weight excluding hydrogens is 222 g/mol. The van der Waals surface area contributed by atoms with E-state index in [-0.39, 0.29) is 0 Å². The number of hydrogen-bond acceptors (Lipinski definition) is 3. The second-order valence-electron chi connectivity index (χ2n) is 5.28. The van der Waals surface area contributed by atoms with Crippen LogP contribution in [0.1, 0.15) is 30.9 Å². The van der Waals surface area contributed by atoms with E-state index in [1.54, 1.807) is 0 Å². The summed E-state index contributed by atoms with van der Waals surface area (Å²) in [5.74, 6) is 0.683. The van der Waals surface area contributed by atoms with E-state index in [2.05, 4.69) is 30.0 Å². The van der Waals surface area contributed by atoms with E-state index in [0.717, 1.165) is 25.2 Å². The number of benzene rings is 1. The molecule has 2 N–H and O–H groups in total. The van der Waals surface area contributed by atoms with Crippen LogP contribution in [0.25, 0.3) is 0 Å². The summed E-state index contributed by atoms with van der Waals surface area (Å²) in [7, 11) is 0. The fraction of sp³-hybridized carbons (Fsp3) is 0.533. The highest BCUT2D eigenvalue weighted by atomic mass is 15.1. The molecule has 0 spiro atoms. The number of hydrogen-bond donors (Lipinski definition) is 1. The van der Waals surface area contributed by atoms with Crippen molar-refractivity contribution in [3.05, 3.63) is 35.4 Å². The molecule has 1 aliphatic heterocycles. The Labute approximate surface area is 109 Å². The molecular formula is C15H21N3. The van der Waals surface area contributed by atoms with Gasteiger partial charge in [-0.05, 0) is 56.5 Å². The van der Waals surface area contributed by atoms with Gasteiger partial charge in [0.1, 0.15) is 0 Å². The van der Waals surface area contributed by atoms with Crippen LogP contribution in [0.15, 0.2) is 24.3 Å². The summed E-state index contributed by atoms with van der Waals surface area (Å²) in [6.07, 6.45) is 2.40. The van der Waals surface area contributed by atoms with Gasteiger partial charge < -0.3 is 5.73 Å². The summed E-state index contributed by atoms with van der Waals surface area (Å²) in [4.78, 5) is 2.47. The zero-order chi connectivity index (χ0) is 13.0. The Bertz CT molecular complexity index is 408. The monoisotopic (exact) mass is 243 g/mol. The van der Waals surface area contributed by atoms with Crippen LogP contribution in [0.2, 0.25) is 0 Å². The van der Waals surface area contributed by atoms with Crippen LogP contribution in [-0.2, 0) is 6.54 Å². The van der Waals surface area contributed by atoms with Gasteiger partial charge in [-0.3, -0.25) is 4.90 Å². The molecule has 0 radical (unpaired) electrons. The van der Waals surface area contributed by atoms with Gasteiger partial charge in [0.25, 0.3) is 0 Å². The summed E-state index contributed by atoms with van der Waals surface area (Å²) >= 11 is 0. The molecule has 96 valence electrons. The van der Waals surface area contributed by atoms with Gasteiger partial charge in [0.15, 0.2) is 0 Å². The zero-order valence-corrected chi connectivity index (χ0v) is 11.0. The quantitative estimate of drug-likeness (QED) is 0.884. The van der Waals surface area contributed by atoms with Gasteiger partial charge in [0.2, 0.25) is 0 Å². The number of rotatable bonds is 3. The van der Waals surface area contributed by atoms with E-state index < -0.39 is 0 Å². The van der Waals surface area contributed by atoms with E-state index in [0.29, 0.717) is 12.0 Å². The Morgan fingerprint density at radius 3 is 2.44 bits per heavy atom. The normalized spacial score (nSPS) is 19.4. The summed E-state index contributed by atoms with van der Waals surface area (Å²) in [6.45, 7) is 5.36. The maximum absolute atomic E-state index is 8.76. The number of nitrogens with zero attached hydrogens (tertiary/aromatic N) is 2. The average molecular weight is 243 g/mol. The first kappa shape index (κ1) is 13.1. The van der Waals surface area contributed by atoms with Gasteiger partial charge in [-0.25, -0.2) is 0 Å². The van der Waals surface area contributed by atoms with E-state index in [9.17, 15) is 0 Å². The van der Waals surface area contributed by atoms with Crippen LogP contribution < -0.4 is 5.73 Å². The van der Waals surface area contributed by atoms with Crippen LogP contribution in [-0.4, -0.2) is 24.0 Å². The number of nitrogens with two attached hydrogens (primary N) is 1. The van der Waals surface area contributed by atoms with Gasteiger partial charge in [-0.15, -0.1) is 0 Å². The van der Waals surface area contributed by atoms with Crippen LogP contribution in [0.3, 0.4) is 0 Å². The third-order valence-electron chi connectivity index (χ3n) is 3.87. The van der Waals surface area contributed by atoms with Crippen molar-refractivity contribution in [3.8, 4) is 6.07 Å². The lowest BCUT2D eigenvalue weighted by molar-refractivity contribution is 0.166. The molecule has 1 heterocycles. The van der Waals surface area contributed by atoms with Crippen molar-refractivity contribution in [2.75, 3.05) is 13.1 Å². The number of likely N-dealkylation sites (tertiary alicyclic amines) is 1. The molecule has 2 rings (SSSR count). The Morgan fingerprint density at radius 2 is 1.94 bits per heavy atom. The smallest absolute Gasteiger partial charge is 0.0991 e. The van der Waals surface area contributed by atoms with Crippen LogP contribution >= 0.6 is 0 Å². The summed E-state index contributed by atoms with van der Waals surface area (Å²) in [5.41, 5.74) is 7.96. The highest BCUT2D eigenvalue weighted by molar-refractivity contribution is 5.31. The van der Waals surface area contributed by atoms with Gasteiger partial charge in [0.05, 0.1) is 11.6 Å². The van der Waals surface area contributed by atoms with Gasteiger partial charge in [-0.1, -0.05) is 12.1 Å². The molecule has 0 aromatic heterocycles. The number of piperidine rings is 1. The van der Waals surface area contributed by atoms with Crippen molar-refractivity contribution >= 4 is 0 Å². The molecule has 1 aromatic carbocycles. The van der Waals surface area contributed by atoms with Crippen molar-refractivity contribution in [2.45, 2.75) is 32.4 Å². The SMILES string of the molecule is CC(N)C1CCN(Cc2ccc(C#N)cc2)CC1. The minimum Gasteiger partial charge on any atom is -0.328 e. The van der Waals surface area contributed by atoms with Crippen molar-refractivity contribution < 1.29 is 0 Å². The molecule has 0 amide bonds. The Kier molecular flexibility index (Phi) is 4.35. The molecule has 18 heavy (non-hydrogen) atoms. The molecule has 1 saturated heterocycles. The highest BCUT2D eigenvalue weighted by Crippen LogP contribution is 2.21. The topological polar surface area (TPSA) is 53.0 Å². The van der Waals surface area contributed by atoms with Crippen molar-refractivity contribution in [3.63, 3.8) is 0 Å². The van der Waals surface area contributed by atoms with Crippen LogP contribution in [0.5, 0.6) is 0 Å². The molecule has 1 atom stereocenters. The fourth-order valence-electron chi connectivity index (χ4n) is 2.58. The van der Waals surface area contributed by atoms with Gasteiger partial charge in [0, 0.05) is 12.6 Å². The molecule has 0 aliphatic carbocycles. The van der Waals surface area contributed by atoms with Crippen molar-refractivity contribution in [1.29, 1.82) is 5.26 Å². The molecule has 0 saturated carbocycles. The van der Waals surface area contributed by atoms with Gasteiger partial charge >= 0.3 is 0 Å². The average Bonchev–Trinajstić information content (AvgIpc) is 2.40. The molecule has 1 aliphatic rings. The Hall–Kier alpha value is -1.37. The van der Waals surface area contributed by atoms with Crippen molar-refractivity contribution in [2.24, 2.45) is 11.7 Å². The van der Waals surface area contributed by atoms with Gasteiger partial charge in [-0.2, -0.15) is 5.26 Å². The summed E-state index contributed by atoms with van der Waals surface area (Å²) in [6, 6.07) is 10.4. The summed E-state index contributed by atoms with van der Waals surface area (Å²) in [5, 5.41) is 8.76. The molecule has 1 aromatic rings. The van der Waals surface area contributed by atoms with E-state index in [1.807, 2.05) is 12.1 Å². The molecule has 0 bridgehead atoms. The van der Waals surface area contributed by atoms with Crippen LogP contribution in [0, 0.1) is 17.2 Å². The van der Waals surface area contributed by atoms with Crippen LogP contribution in [0.4, 0.5) is 0 Å².